The topological polar surface area (TPSA) is 30.7 Å². The lowest BCUT2D eigenvalue weighted by molar-refractivity contribution is 0.509. The molecule has 1 heterocycles. The minimum Gasteiger partial charge on any atom is -0.249 e. The lowest BCUT2D eigenvalue weighted by Gasteiger charge is -2.17. The van der Waals surface area contributed by atoms with Gasteiger partial charge in [0.25, 0.3) is 0 Å². The van der Waals surface area contributed by atoms with Crippen LogP contribution in [0.25, 0.3) is 0 Å². The van der Waals surface area contributed by atoms with Crippen molar-refractivity contribution in [3.05, 3.63) is 11.4 Å². The Morgan fingerprint density at radius 1 is 1.00 bits per heavy atom. The van der Waals surface area contributed by atoms with Crippen LogP contribution in [0.2, 0.25) is 0 Å². The van der Waals surface area contributed by atoms with Crippen LogP contribution < -0.4 is 0 Å². The highest BCUT2D eigenvalue weighted by Gasteiger charge is 2.23. The molecular weight excluding hydrogens is 222 g/mol. The molecule has 0 fully saturated rings. The smallest absolute Gasteiger partial charge is 0.0912 e. The molecule has 0 saturated carbocycles. The second-order valence-corrected chi connectivity index (χ2v) is 6.17. The summed E-state index contributed by atoms with van der Waals surface area (Å²) >= 11 is 0. The van der Waals surface area contributed by atoms with Crippen LogP contribution in [0.3, 0.4) is 0 Å². The van der Waals surface area contributed by atoms with E-state index in [-0.39, 0.29) is 5.41 Å². The predicted octanol–water partition coefficient (Wildman–Crippen LogP) is 4.11. The molecule has 3 heteroatoms. The Kier molecular flexibility index (Phi) is 5.83. The summed E-state index contributed by atoms with van der Waals surface area (Å²) in [5, 5.41) is 8.78. The minimum atomic E-state index is 0.103. The molecule has 104 valence electrons. The molecule has 0 aliphatic rings. The van der Waals surface area contributed by atoms with Crippen molar-refractivity contribution in [3.63, 3.8) is 0 Å². The largest absolute Gasteiger partial charge is 0.249 e. The van der Waals surface area contributed by atoms with Gasteiger partial charge in [0.15, 0.2) is 0 Å². The van der Waals surface area contributed by atoms with Crippen LogP contribution in [0.4, 0.5) is 0 Å². The van der Waals surface area contributed by atoms with Gasteiger partial charge >= 0.3 is 0 Å². The molecule has 1 aromatic heterocycles. The highest BCUT2D eigenvalue weighted by Crippen LogP contribution is 2.24. The molecule has 1 rings (SSSR count). The first-order valence-corrected chi connectivity index (χ1v) is 7.43. The van der Waals surface area contributed by atoms with Gasteiger partial charge in [-0.05, 0) is 12.8 Å². The summed E-state index contributed by atoms with van der Waals surface area (Å²) in [6.07, 6.45) is 7.37. The number of rotatable bonds is 7. The molecule has 0 saturated heterocycles. The van der Waals surface area contributed by atoms with Gasteiger partial charge in [-0.1, -0.05) is 65.5 Å². The molecule has 0 spiro atoms. The van der Waals surface area contributed by atoms with Gasteiger partial charge in [-0.3, -0.25) is 0 Å². The monoisotopic (exact) mass is 251 g/mol. The third-order valence-electron chi connectivity index (χ3n) is 3.26. The van der Waals surface area contributed by atoms with Crippen LogP contribution in [-0.2, 0) is 18.4 Å². The Morgan fingerprint density at radius 3 is 2.28 bits per heavy atom. The molecule has 0 aromatic carbocycles. The predicted molar refractivity (Wildman–Crippen MR) is 76.9 cm³/mol. The van der Waals surface area contributed by atoms with E-state index in [4.69, 9.17) is 0 Å². The van der Waals surface area contributed by atoms with Gasteiger partial charge in [0.05, 0.1) is 11.4 Å². The van der Waals surface area contributed by atoms with Crippen molar-refractivity contribution in [2.45, 2.75) is 85.1 Å². The summed E-state index contributed by atoms with van der Waals surface area (Å²) in [7, 11) is 0. The van der Waals surface area contributed by atoms with Gasteiger partial charge in [-0.15, -0.1) is 5.10 Å². The van der Waals surface area contributed by atoms with E-state index in [1.807, 2.05) is 0 Å². The quantitative estimate of drug-likeness (QED) is 0.683. The first-order chi connectivity index (χ1) is 8.50. The van der Waals surface area contributed by atoms with E-state index in [0.717, 1.165) is 19.4 Å². The average molecular weight is 251 g/mol. The molecule has 0 aliphatic heterocycles. The van der Waals surface area contributed by atoms with Crippen molar-refractivity contribution in [2.75, 3.05) is 0 Å². The van der Waals surface area contributed by atoms with E-state index in [2.05, 4.69) is 49.6 Å². The number of hydrogen-bond donors (Lipinski definition) is 0. The van der Waals surface area contributed by atoms with Crippen molar-refractivity contribution >= 4 is 0 Å². The van der Waals surface area contributed by atoms with Crippen molar-refractivity contribution in [2.24, 2.45) is 0 Å². The zero-order valence-electron chi connectivity index (χ0n) is 12.8. The second-order valence-electron chi connectivity index (χ2n) is 6.17. The van der Waals surface area contributed by atoms with Crippen LogP contribution in [0, 0.1) is 0 Å². The normalized spacial score (nSPS) is 12.1. The molecule has 0 atom stereocenters. The van der Waals surface area contributed by atoms with Crippen molar-refractivity contribution in [1.82, 2.24) is 15.0 Å². The third-order valence-corrected chi connectivity index (χ3v) is 3.26. The van der Waals surface area contributed by atoms with Gasteiger partial charge < -0.3 is 0 Å². The van der Waals surface area contributed by atoms with Crippen LogP contribution in [0.5, 0.6) is 0 Å². The molecule has 18 heavy (non-hydrogen) atoms. The molecule has 3 nitrogen and oxygen atoms in total. The molecule has 0 bridgehead atoms. The van der Waals surface area contributed by atoms with Crippen LogP contribution in [0.15, 0.2) is 0 Å². The first-order valence-electron chi connectivity index (χ1n) is 7.43. The molecule has 0 radical (unpaired) electrons. The maximum absolute atomic E-state index is 4.42. The van der Waals surface area contributed by atoms with Crippen molar-refractivity contribution < 1.29 is 0 Å². The number of nitrogens with zero attached hydrogens (tertiary/aromatic N) is 3. The minimum absolute atomic E-state index is 0.103. The fraction of sp³-hybridized carbons (Fsp3) is 0.867. The number of hydrogen-bond acceptors (Lipinski definition) is 2. The Morgan fingerprint density at radius 2 is 1.72 bits per heavy atom. The zero-order chi connectivity index (χ0) is 13.6. The Hall–Kier alpha value is -0.860. The van der Waals surface area contributed by atoms with Crippen LogP contribution in [0.1, 0.15) is 78.1 Å². The SMILES string of the molecule is CCCCCCn1nnc(C(C)(C)C)c1CCC. The van der Waals surface area contributed by atoms with E-state index in [0.29, 0.717) is 0 Å². The molecule has 1 aromatic rings. The Labute approximate surface area is 112 Å². The van der Waals surface area contributed by atoms with Gasteiger partial charge in [0.1, 0.15) is 0 Å². The maximum atomic E-state index is 4.42. The summed E-state index contributed by atoms with van der Waals surface area (Å²) in [4.78, 5) is 0. The maximum Gasteiger partial charge on any atom is 0.0912 e. The van der Waals surface area contributed by atoms with Crippen LogP contribution in [-0.4, -0.2) is 15.0 Å². The van der Waals surface area contributed by atoms with Gasteiger partial charge in [-0.25, -0.2) is 4.68 Å². The van der Waals surface area contributed by atoms with Crippen molar-refractivity contribution in [1.29, 1.82) is 0 Å². The number of aryl methyl sites for hydroxylation is 1. The summed E-state index contributed by atoms with van der Waals surface area (Å²) in [6, 6.07) is 0. The third kappa shape index (κ3) is 4.11. The molecular formula is C15H29N3. The standard InChI is InChI=1S/C15H29N3/c1-6-8-9-10-12-18-13(11-7-2)14(16-17-18)15(3,4)5/h6-12H2,1-5H3. The van der Waals surface area contributed by atoms with E-state index < -0.39 is 0 Å². The zero-order valence-corrected chi connectivity index (χ0v) is 12.8. The lowest BCUT2D eigenvalue weighted by atomic mass is 9.89. The van der Waals surface area contributed by atoms with E-state index in [1.54, 1.807) is 0 Å². The first kappa shape index (κ1) is 15.2. The highest BCUT2D eigenvalue weighted by atomic mass is 15.4. The molecule has 0 amide bonds. The van der Waals surface area contributed by atoms with E-state index in [9.17, 15) is 0 Å². The number of aromatic nitrogens is 3. The Balaban J connectivity index is 2.75. The summed E-state index contributed by atoms with van der Waals surface area (Å²) in [5.74, 6) is 0. The lowest BCUT2D eigenvalue weighted by Crippen LogP contribution is -2.16. The number of unbranched alkanes of at least 4 members (excludes halogenated alkanes) is 3. The average Bonchev–Trinajstić information content (AvgIpc) is 2.68. The second kappa shape index (κ2) is 6.91. The van der Waals surface area contributed by atoms with Crippen LogP contribution >= 0.6 is 0 Å². The Bertz CT molecular complexity index is 347. The fourth-order valence-electron chi connectivity index (χ4n) is 2.27. The summed E-state index contributed by atoms with van der Waals surface area (Å²) in [5.41, 5.74) is 2.63. The van der Waals surface area contributed by atoms with Crippen molar-refractivity contribution in [3.8, 4) is 0 Å². The fourth-order valence-corrected chi connectivity index (χ4v) is 2.27. The van der Waals surface area contributed by atoms with E-state index >= 15 is 0 Å². The summed E-state index contributed by atoms with van der Waals surface area (Å²) in [6.45, 7) is 12.2. The van der Waals surface area contributed by atoms with E-state index in [1.165, 1.54) is 37.1 Å². The summed E-state index contributed by atoms with van der Waals surface area (Å²) < 4.78 is 2.14. The van der Waals surface area contributed by atoms with Gasteiger partial charge in [0.2, 0.25) is 0 Å². The highest BCUT2D eigenvalue weighted by molar-refractivity contribution is 5.19. The van der Waals surface area contributed by atoms with Gasteiger partial charge in [-0.2, -0.15) is 0 Å². The molecule has 0 N–H and O–H groups in total. The molecule has 0 aliphatic carbocycles. The molecule has 0 unspecified atom stereocenters. The van der Waals surface area contributed by atoms with Gasteiger partial charge in [0, 0.05) is 12.0 Å².